The minimum Gasteiger partial charge on any atom is -0.493 e. The predicted molar refractivity (Wildman–Crippen MR) is 147 cm³/mol. The fourth-order valence-electron chi connectivity index (χ4n) is 5.58. The SMILES string of the molecule is COCCN1CCN(C(=O)c2ccc3c(c2)Cc2cccc(c2)CN(CC2CC2)CCCCCO3)CC1. The topological polar surface area (TPSA) is 45.2 Å². The van der Waals surface area contributed by atoms with E-state index in [0.717, 1.165) is 88.1 Å². The third-order valence-corrected chi connectivity index (χ3v) is 7.96. The largest absolute Gasteiger partial charge is 0.493 e. The van der Waals surface area contributed by atoms with Gasteiger partial charge in [-0.3, -0.25) is 14.6 Å². The van der Waals surface area contributed by atoms with Crippen molar-refractivity contribution in [1.82, 2.24) is 14.7 Å². The van der Waals surface area contributed by atoms with Crippen molar-refractivity contribution in [3.63, 3.8) is 0 Å². The summed E-state index contributed by atoms with van der Waals surface area (Å²) in [5, 5.41) is 0. The standard InChI is InChI=1S/C31H43N3O3/c1-36-19-17-32-13-15-34(16-14-32)31(35)28-10-11-30-29(22-28)21-26-6-5-7-27(20-26)24-33(23-25-8-9-25)12-3-2-4-18-37-30/h5-7,10-11,20,22,25H,2-4,8-9,12-19,21,23-24H2,1H3. The van der Waals surface area contributed by atoms with Crippen molar-refractivity contribution < 1.29 is 14.3 Å². The van der Waals surface area contributed by atoms with E-state index in [2.05, 4.69) is 40.1 Å². The van der Waals surface area contributed by atoms with Crippen LogP contribution < -0.4 is 4.74 Å². The fraction of sp³-hybridized carbons (Fsp3) is 0.581. The molecule has 2 bridgehead atoms. The average Bonchev–Trinajstić information content (AvgIpc) is 3.74. The lowest BCUT2D eigenvalue weighted by Gasteiger charge is -2.34. The highest BCUT2D eigenvalue weighted by atomic mass is 16.5. The molecule has 0 spiro atoms. The van der Waals surface area contributed by atoms with E-state index in [0.29, 0.717) is 0 Å². The lowest BCUT2D eigenvalue weighted by molar-refractivity contribution is 0.0594. The summed E-state index contributed by atoms with van der Waals surface area (Å²) in [7, 11) is 1.74. The van der Waals surface area contributed by atoms with Gasteiger partial charge < -0.3 is 14.4 Å². The maximum Gasteiger partial charge on any atom is 0.253 e. The lowest BCUT2D eigenvalue weighted by Crippen LogP contribution is -2.49. The van der Waals surface area contributed by atoms with Crippen molar-refractivity contribution in [3.05, 3.63) is 64.7 Å². The Morgan fingerprint density at radius 3 is 2.59 bits per heavy atom. The molecule has 200 valence electrons. The number of piperazine rings is 1. The monoisotopic (exact) mass is 505 g/mol. The summed E-state index contributed by atoms with van der Waals surface area (Å²) in [4.78, 5) is 20.4. The molecular weight excluding hydrogens is 462 g/mol. The van der Waals surface area contributed by atoms with Crippen LogP contribution in [0.3, 0.4) is 0 Å². The van der Waals surface area contributed by atoms with Crippen LogP contribution in [-0.4, -0.2) is 86.7 Å². The van der Waals surface area contributed by atoms with E-state index >= 15 is 0 Å². The summed E-state index contributed by atoms with van der Waals surface area (Å²) in [5.41, 5.74) is 4.53. The number of carbonyl (C=O) groups excluding carboxylic acids is 1. The summed E-state index contributed by atoms with van der Waals surface area (Å²) < 4.78 is 11.5. The van der Waals surface area contributed by atoms with Crippen LogP contribution in [0.25, 0.3) is 0 Å². The summed E-state index contributed by atoms with van der Waals surface area (Å²) in [6.45, 7) is 9.13. The second-order valence-corrected chi connectivity index (χ2v) is 11.0. The first-order chi connectivity index (χ1) is 18.2. The van der Waals surface area contributed by atoms with Gasteiger partial charge in [0, 0.05) is 64.9 Å². The molecular formula is C31H43N3O3. The Bertz CT molecular complexity index is 1030. The zero-order chi connectivity index (χ0) is 25.5. The van der Waals surface area contributed by atoms with Gasteiger partial charge in [0.15, 0.2) is 0 Å². The molecule has 2 aliphatic heterocycles. The third-order valence-electron chi connectivity index (χ3n) is 7.96. The first-order valence-electron chi connectivity index (χ1n) is 14.2. The molecule has 6 nitrogen and oxygen atoms in total. The van der Waals surface area contributed by atoms with Crippen molar-refractivity contribution in [2.45, 2.75) is 45.1 Å². The van der Waals surface area contributed by atoms with Crippen molar-refractivity contribution in [2.24, 2.45) is 5.92 Å². The fourth-order valence-corrected chi connectivity index (χ4v) is 5.58. The number of amides is 1. The molecule has 1 saturated heterocycles. The van der Waals surface area contributed by atoms with Gasteiger partial charge >= 0.3 is 0 Å². The number of hydrogen-bond acceptors (Lipinski definition) is 5. The smallest absolute Gasteiger partial charge is 0.253 e. The Labute approximate surface area is 222 Å². The zero-order valence-electron chi connectivity index (χ0n) is 22.5. The van der Waals surface area contributed by atoms with Crippen LogP contribution in [0.5, 0.6) is 5.75 Å². The van der Waals surface area contributed by atoms with Gasteiger partial charge in [-0.15, -0.1) is 0 Å². The molecule has 5 rings (SSSR count). The van der Waals surface area contributed by atoms with Gasteiger partial charge in [0.25, 0.3) is 5.91 Å². The van der Waals surface area contributed by atoms with E-state index in [1.54, 1.807) is 7.11 Å². The molecule has 2 heterocycles. The number of carbonyl (C=O) groups is 1. The van der Waals surface area contributed by atoms with Gasteiger partial charge in [-0.2, -0.15) is 0 Å². The summed E-state index contributed by atoms with van der Waals surface area (Å²) in [6.07, 6.45) is 7.03. The first kappa shape index (κ1) is 26.2. The molecule has 0 aromatic heterocycles. The van der Waals surface area contributed by atoms with E-state index in [4.69, 9.17) is 9.47 Å². The molecule has 0 unspecified atom stereocenters. The molecule has 3 aliphatic rings. The predicted octanol–water partition coefficient (Wildman–Crippen LogP) is 4.46. The maximum absolute atomic E-state index is 13.4. The Hall–Kier alpha value is -2.41. The van der Waals surface area contributed by atoms with E-state index in [1.165, 1.54) is 49.9 Å². The van der Waals surface area contributed by atoms with E-state index < -0.39 is 0 Å². The van der Waals surface area contributed by atoms with Crippen LogP contribution in [0.2, 0.25) is 0 Å². The molecule has 1 saturated carbocycles. The second kappa shape index (κ2) is 12.9. The van der Waals surface area contributed by atoms with E-state index in [9.17, 15) is 4.79 Å². The number of rotatable bonds is 6. The highest BCUT2D eigenvalue weighted by Crippen LogP contribution is 2.31. The third kappa shape index (κ3) is 7.56. The van der Waals surface area contributed by atoms with Gasteiger partial charge in [0.05, 0.1) is 13.2 Å². The highest BCUT2D eigenvalue weighted by Gasteiger charge is 2.25. The maximum atomic E-state index is 13.4. The number of methoxy groups -OCH3 is 1. The summed E-state index contributed by atoms with van der Waals surface area (Å²) >= 11 is 0. The molecule has 2 aromatic carbocycles. The first-order valence-corrected chi connectivity index (χ1v) is 14.2. The Morgan fingerprint density at radius 1 is 0.946 bits per heavy atom. The number of ether oxygens (including phenoxy) is 2. The highest BCUT2D eigenvalue weighted by molar-refractivity contribution is 5.94. The molecule has 1 amide bonds. The van der Waals surface area contributed by atoms with Gasteiger partial charge in [0.2, 0.25) is 0 Å². The molecule has 2 fully saturated rings. The van der Waals surface area contributed by atoms with Gasteiger partial charge in [-0.05, 0) is 79.5 Å². The average molecular weight is 506 g/mol. The Morgan fingerprint density at radius 2 is 1.78 bits per heavy atom. The van der Waals surface area contributed by atoms with E-state index in [-0.39, 0.29) is 5.91 Å². The quantitative estimate of drug-likeness (QED) is 0.580. The summed E-state index contributed by atoms with van der Waals surface area (Å²) in [6, 6.07) is 15.1. The van der Waals surface area contributed by atoms with Crippen molar-refractivity contribution in [3.8, 4) is 5.75 Å². The molecule has 0 radical (unpaired) electrons. The molecule has 37 heavy (non-hydrogen) atoms. The van der Waals surface area contributed by atoms with Crippen LogP contribution >= 0.6 is 0 Å². The Kier molecular flexibility index (Phi) is 9.14. The summed E-state index contributed by atoms with van der Waals surface area (Å²) in [5.74, 6) is 1.94. The Balaban J connectivity index is 1.31. The normalized spacial score (nSPS) is 20.1. The second-order valence-electron chi connectivity index (χ2n) is 11.0. The molecule has 2 aromatic rings. The molecule has 6 heteroatoms. The number of benzene rings is 2. The van der Waals surface area contributed by atoms with Crippen LogP contribution in [0, 0.1) is 5.92 Å². The van der Waals surface area contributed by atoms with E-state index in [1.807, 2.05) is 17.0 Å². The van der Waals surface area contributed by atoms with Crippen LogP contribution in [0.4, 0.5) is 0 Å². The van der Waals surface area contributed by atoms with Crippen molar-refractivity contribution in [1.29, 1.82) is 0 Å². The number of nitrogens with zero attached hydrogens (tertiary/aromatic N) is 3. The molecule has 0 N–H and O–H groups in total. The zero-order valence-corrected chi connectivity index (χ0v) is 22.5. The molecule has 0 atom stereocenters. The van der Waals surface area contributed by atoms with Crippen LogP contribution in [0.1, 0.15) is 59.2 Å². The van der Waals surface area contributed by atoms with Gasteiger partial charge in [-0.1, -0.05) is 24.3 Å². The van der Waals surface area contributed by atoms with Crippen LogP contribution in [-0.2, 0) is 17.7 Å². The minimum atomic E-state index is 0.123. The minimum absolute atomic E-state index is 0.123. The van der Waals surface area contributed by atoms with Crippen LogP contribution in [0.15, 0.2) is 42.5 Å². The lowest BCUT2D eigenvalue weighted by atomic mass is 9.99. The number of fused-ring (bicyclic) bond motifs is 3. The van der Waals surface area contributed by atoms with Crippen molar-refractivity contribution in [2.75, 3.05) is 66.1 Å². The van der Waals surface area contributed by atoms with Gasteiger partial charge in [-0.25, -0.2) is 0 Å². The van der Waals surface area contributed by atoms with Gasteiger partial charge in [0.1, 0.15) is 5.75 Å². The number of hydrogen-bond donors (Lipinski definition) is 0. The van der Waals surface area contributed by atoms with Crippen molar-refractivity contribution >= 4 is 5.91 Å². The molecule has 1 aliphatic carbocycles.